The number of halogens is 2. The van der Waals surface area contributed by atoms with Gasteiger partial charge in [0.1, 0.15) is 11.4 Å². The molecule has 0 bridgehead atoms. The number of esters is 1. The van der Waals surface area contributed by atoms with Crippen LogP contribution in [0.2, 0.25) is 10.0 Å². The lowest BCUT2D eigenvalue weighted by Crippen LogP contribution is -2.40. The number of fused-ring (bicyclic) bond motifs is 2. The number of piperidine rings is 1. The Morgan fingerprint density at radius 3 is 2.63 bits per heavy atom. The Bertz CT molecular complexity index is 951. The number of hydrogen-bond donors (Lipinski definition) is 1. The van der Waals surface area contributed by atoms with Gasteiger partial charge in [0.2, 0.25) is 0 Å². The molecular formula is C20H17Cl2NO4. The van der Waals surface area contributed by atoms with Gasteiger partial charge in [0.05, 0.1) is 22.7 Å². The van der Waals surface area contributed by atoms with Crippen molar-refractivity contribution >= 4 is 35.0 Å². The van der Waals surface area contributed by atoms with Gasteiger partial charge in [-0.25, -0.2) is 4.79 Å². The van der Waals surface area contributed by atoms with Crippen molar-refractivity contribution in [3.63, 3.8) is 0 Å². The number of carbonyl (C=O) groups is 2. The molecule has 0 aliphatic carbocycles. The normalized spacial score (nSPS) is 17.5. The van der Waals surface area contributed by atoms with E-state index in [9.17, 15) is 9.59 Å². The lowest BCUT2D eigenvalue weighted by molar-refractivity contribution is -0.0242. The highest BCUT2D eigenvalue weighted by Gasteiger charge is 2.48. The molecule has 0 radical (unpaired) electrons. The molecule has 2 aliphatic heterocycles. The fourth-order valence-corrected chi connectivity index (χ4v) is 4.19. The minimum absolute atomic E-state index is 0.156. The number of benzene rings is 2. The van der Waals surface area contributed by atoms with Crippen LogP contribution in [0.5, 0.6) is 5.75 Å². The van der Waals surface area contributed by atoms with Crippen LogP contribution in [0.3, 0.4) is 0 Å². The van der Waals surface area contributed by atoms with Crippen molar-refractivity contribution in [1.82, 2.24) is 5.32 Å². The summed E-state index contributed by atoms with van der Waals surface area (Å²) in [4.78, 5) is 26.0. The average Bonchev–Trinajstić information content (AvgIpc) is 2.94. The topological polar surface area (TPSA) is 64.6 Å². The second-order valence-electron chi connectivity index (χ2n) is 6.66. The Balaban J connectivity index is 1.91. The molecule has 2 heterocycles. The van der Waals surface area contributed by atoms with E-state index in [-0.39, 0.29) is 27.0 Å². The minimum atomic E-state index is -0.723. The molecular weight excluding hydrogens is 389 g/mol. The number of ether oxygens (including phenoxy) is 2. The van der Waals surface area contributed by atoms with E-state index in [0.717, 1.165) is 13.1 Å². The first-order chi connectivity index (χ1) is 13.0. The molecule has 0 aromatic heterocycles. The Labute approximate surface area is 166 Å². The number of rotatable bonds is 3. The Morgan fingerprint density at radius 2 is 1.93 bits per heavy atom. The van der Waals surface area contributed by atoms with Gasteiger partial charge in [-0.3, -0.25) is 4.79 Å². The van der Waals surface area contributed by atoms with E-state index in [0.29, 0.717) is 29.7 Å². The molecule has 0 saturated carbocycles. The molecule has 5 nitrogen and oxygen atoms in total. The maximum Gasteiger partial charge on any atom is 0.340 e. The van der Waals surface area contributed by atoms with Crippen molar-refractivity contribution in [2.45, 2.75) is 18.4 Å². The molecule has 1 spiro atoms. The zero-order valence-corrected chi connectivity index (χ0v) is 16.1. The van der Waals surface area contributed by atoms with Crippen LogP contribution in [0.15, 0.2) is 30.3 Å². The van der Waals surface area contributed by atoms with Gasteiger partial charge in [0.15, 0.2) is 5.78 Å². The summed E-state index contributed by atoms with van der Waals surface area (Å²) in [6.45, 7) is 1.46. The van der Waals surface area contributed by atoms with Crippen LogP contribution >= 0.6 is 23.2 Å². The average molecular weight is 406 g/mol. The van der Waals surface area contributed by atoms with E-state index in [1.807, 2.05) is 0 Å². The van der Waals surface area contributed by atoms with Crippen LogP contribution in [0.4, 0.5) is 0 Å². The van der Waals surface area contributed by atoms with Crippen molar-refractivity contribution in [3.8, 4) is 5.75 Å². The van der Waals surface area contributed by atoms with Crippen molar-refractivity contribution < 1.29 is 19.1 Å². The molecule has 0 unspecified atom stereocenters. The Kier molecular flexibility index (Phi) is 4.62. The van der Waals surface area contributed by atoms with Gasteiger partial charge in [-0.2, -0.15) is 0 Å². The van der Waals surface area contributed by atoms with Crippen molar-refractivity contribution in [2.24, 2.45) is 0 Å². The van der Waals surface area contributed by atoms with Gasteiger partial charge >= 0.3 is 5.97 Å². The van der Waals surface area contributed by atoms with E-state index >= 15 is 0 Å². The quantitative estimate of drug-likeness (QED) is 0.617. The van der Waals surface area contributed by atoms with Crippen molar-refractivity contribution in [1.29, 1.82) is 0 Å². The van der Waals surface area contributed by atoms with Gasteiger partial charge in [-0.1, -0.05) is 29.3 Å². The van der Waals surface area contributed by atoms with Crippen molar-refractivity contribution in [2.75, 3.05) is 20.2 Å². The predicted molar refractivity (Wildman–Crippen MR) is 102 cm³/mol. The minimum Gasteiger partial charge on any atom is -0.497 e. The van der Waals surface area contributed by atoms with Crippen LogP contribution in [0.25, 0.3) is 0 Å². The molecule has 4 rings (SSSR count). The first-order valence-electron chi connectivity index (χ1n) is 8.62. The Morgan fingerprint density at radius 1 is 1.19 bits per heavy atom. The second kappa shape index (κ2) is 6.82. The third-order valence-corrected chi connectivity index (χ3v) is 6.00. The molecule has 2 aromatic carbocycles. The molecule has 1 fully saturated rings. The zero-order valence-electron chi connectivity index (χ0n) is 14.6. The molecule has 27 heavy (non-hydrogen) atoms. The second-order valence-corrected chi connectivity index (χ2v) is 7.45. The third-order valence-electron chi connectivity index (χ3n) is 5.18. The van der Waals surface area contributed by atoms with Gasteiger partial charge in [-0.15, -0.1) is 0 Å². The third kappa shape index (κ3) is 2.90. The zero-order chi connectivity index (χ0) is 19.2. The first-order valence-corrected chi connectivity index (χ1v) is 9.38. The summed E-state index contributed by atoms with van der Waals surface area (Å²) in [6, 6.07) is 8.19. The molecule has 2 aliphatic rings. The first kappa shape index (κ1) is 18.3. The van der Waals surface area contributed by atoms with E-state index in [1.54, 1.807) is 30.3 Å². The summed E-state index contributed by atoms with van der Waals surface area (Å²) < 4.78 is 11.2. The number of nitrogens with one attached hydrogen (secondary N) is 1. The standard InChI is InChI=1S/C20H17Cl2NO4/c1-26-11-9-13(18(24)12-3-2-4-15(21)17(12)22)16-14(10-11)20(27-19(16)25)5-7-23-8-6-20/h2-4,9-10,23H,5-8H2,1H3. The fourth-order valence-electron chi connectivity index (χ4n) is 3.80. The molecule has 0 atom stereocenters. The monoisotopic (exact) mass is 405 g/mol. The lowest BCUT2D eigenvalue weighted by Gasteiger charge is -2.33. The molecule has 0 amide bonds. The Hall–Kier alpha value is -2.08. The SMILES string of the molecule is COc1cc(C(=O)c2cccc(Cl)c2Cl)c2c(c1)C1(CCNCC1)OC2=O. The maximum atomic E-state index is 13.2. The molecule has 1 N–H and O–H groups in total. The maximum absolute atomic E-state index is 13.2. The summed E-state index contributed by atoms with van der Waals surface area (Å²) in [5, 5.41) is 3.70. The predicted octanol–water partition coefficient (Wildman–Crippen LogP) is 3.98. The molecule has 7 heteroatoms. The highest BCUT2D eigenvalue weighted by Crippen LogP contribution is 2.46. The van der Waals surface area contributed by atoms with Gasteiger partial charge in [-0.05, 0) is 37.4 Å². The van der Waals surface area contributed by atoms with Crippen LogP contribution in [0.1, 0.15) is 44.7 Å². The van der Waals surface area contributed by atoms with Crippen molar-refractivity contribution in [3.05, 3.63) is 62.6 Å². The smallest absolute Gasteiger partial charge is 0.340 e. The van der Waals surface area contributed by atoms with Crippen LogP contribution < -0.4 is 10.1 Å². The number of hydrogen-bond acceptors (Lipinski definition) is 5. The highest BCUT2D eigenvalue weighted by atomic mass is 35.5. The molecule has 2 aromatic rings. The van der Waals surface area contributed by atoms with E-state index in [4.69, 9.17) is 32.7 Å². The van der Waals surface area contributed by atoms with Crippen LogP contribution in [-0.2, 0) is 10.3 Å². The lowest BCUT2D eigenvalue weighted by atomic mass is 9.82. The van der Waals surface area contributed by atoms with Gasteiger partial charge < -0.3 is 14.8 Å². The number of carbonyl (C=O) groups excluding carboxylic acids is 2. The summed E-state index contributed by atoms with van der Waals surface area (Å²) in [5.41, 5.74) is 0.723. The largest absolute Gasteiger partial charge is 0.497 e. The summed E-state index contributed by atoms with van der Waals surface area (Å²) in [5.74, 6) is -0.386. The van der Waals surface area contributed by atoms with Gasteiger partial charge in [0.25, 0.3) is 0 Å². The summed E-state index contributed by atoms with van der Waals surface area (Å²) >= 11 is 12.3. The molecule has 1 saturated heterocycles. The molecule has 140 valence electrons. The highest BCUT2D eigenvalue weighted by molar-refractivity contribution is 6.44. The number of methoxy groups -OCH3 is 1. The van der Waals surface area contributed by atoms with Gasteiger partial charge in [0, 0.05) is 29.5 Å². The van der Waals surface area contributed by atoms with Crippen LogP contribution in [-0.4, -0.2) is 32.0 Å². The van der Waals surface area contributed by atoms with Crippen LogP contribution in [0, 0.1) is 0 Å². The van der Waals surface area contributed by atoms with E-state index in [1.165, 1.54) is 7.11 Å². The summed E-state index contributed by atoms with van der Waals surface area (Å²) in [6.07, 6.45) is 1.29. The summed E-state index contributed by atoms with van der Waals surface area (Å²) in [7, 11) is 1.52. The van der Waals surface area contributed by atoms with E-state index in [2.05, 4.69) is 5.32 Å². The fraction of sp³-hybridized carbons (Fsp3) is 0.300. The number of ketones is 1. The van der Waals surface area contributed by atoms with E-state index < -0.39 is 11.6 Å².